The highest BCUT2D eigenvalue weighted by atomic mass is 16.3. The summed E-state index contributed by atoms with van der Waals surface area (Å²) in [5, 5.41) is 6.91. The zero-order valence-corrected chi connectivity index (χ0v) is 52.2. The zero-order valence-electron chi connectivity index (χ0n) is 52.2. The predicted octanol–water partition coefficient (Wildman–Crippen LogP) is 20.8. The van der Waals surface area contributed by atoms with Crippen molar-refractivity contribution in [2.45, 2.75) is 156 Å². The zero-order chi connectivity index (χ0) is 58.7. The van der Waals surface area contributed by atoms with Crippen molar-refractivity contribution in [2.75, 3.05) is 9.71 Å². The van der Waals surface area contributed by atoms with Crippen molar-refractivity contribution in [2.24, 2.45) is 0 Å². The van der Waals surface area contributed by atoms with Gasteiger partial charge in [-0.2, -0.15) is 0 Å². The highest BCUT2D eigenvalue weighted by Gasteiger charge is 2.47. The molecule has 0 saturated heterocycles. The van der Waals surface area contributed by atoms with E-state index in [1.54, 1.807) is 0 Å². The van der Waals surface area contributed by atoms with Gasteiger partial charge in [-0.1, -0.05) is 178 Å². The van der Waals surface area contributed by atoms with Crippen LogP contribution in [-0.2, 0) is 32.5 Å². The van der Waals surface area contributed by atoms with E-state index in [-0.39, 0.29) is 39.3 Å². The molecule has 0 N–H and O–H groups in total. The number of hydrogen-bond acceptors (Lipinski definition) is 4. The van der Waals surface area contributed by atoms with Gasteiger partial charge in [0.25, 0.3) is 0 Å². The Labute approximate surface area is 496 Å². The van der Waals surface area contributed by atoms with E-state index in [9.17, 15) is 0 Å². The van der Waals surface area contributed by atoms with Gasteiger partial charge in [0, 0.05) is 72.7 Å². The molecule has 12 aromatic rings. The summed E-state index contributed by atoms with van der Waals surface area (Å²) >= 11 is 0. The fourth-order valence-corrected chi connectivity index (χ4v) is 14.8. The van der Waals surface area contributed by atoms with Crippen LogP contribution in [0.3, 0.4) is 0 Å². The van der Waals surface area contributed by atoms with Crippen LogP contribution in [0.5, 0.6) is 0 Å². The molecule has 0 atom stereocenters. The maximum atomic E-state index is 7.42. The highest BCUT2D eigenvalue weighted by molar-refractivity contribution is 6.94. The van der Waals surface area contributed by atoms with Gasteiger partial charge in [0.15, 0.2) is 0 Å². The van der Waals surface area contributed by atoms with Gasteiger partial charge in [0.1, 0.15) is 22.3 Å². The first-order valence-corrected chi connectivity index (χ1v) is 30.7. The SMILES string of the molecule is CC(C)(C)c1ccc(N2B3c4cc(C(C)(C)C)ccc4-n4c5cc(N(c6ccc(C(C)(C)C)cc6)c6ccc(C(C)(C)C)cc6)ccc5c5c6oc7ccccc7c6c(c3c54)-c3cc4c(cc32)oc2cc3c(cc24)C(C)(C)CCC3(C)C)cc1. The number of anilines is 5. The molecule has 5 nitrogen and oxygen atoms in total. The van der Waals surface area contributed by atoms with E-state index in [2.05, 4.69) is 283 Å². The van der Waals surface area contributed by atoms with Crippen molar-refractivity contribution in [3.05, 3.63) is 191 Å². The molecule has 0 amide bonds. The molecular weight excluding hydrogens is 1020 g/mol. The first-order chi connectivity index (χ1) is 39.7. The molecule has 3 aromatic heterocycles. The third-order valence-electron chi connectivity index (χ3n) is 19.9. The molecule has 15 rings (SSSR count). The van der Waals surface area contributed by atoms with Crippen molar-refractivity contribution < 1.29 is 8.83 Å². The van der Waals surface area contributed by atoms with E-state index in [1.807, 2.05) is 0 Å². The summed E-state index contributed by atoms with van der Waals surface area (Å²) in [6, 6.07) is 61.0. The second-order valence-corrected chi connectivity index (χ2v) is 30.5. The lowest BCUT2D eigenvalue weighted by molar-refractivity contribution is 0.332. The van der Waals surface area contributed by atoms with Crippen LogP contribution in [0.4, 0.5) is 28.4 Å². The number of aromatic nitrogens is 1. The van der Waals surface area contributed by atoms with Crippen molar-refractivity contribution in [3.63, 3.8) is 0 Å². The minimum Gasteiger partial charge on any atom is -0.456 e. The molecule has 0 spiro atoms. The molecule has 0 bridgehead atoms. The summed E-state index contributed by atoms with van der Waals surface area (Å²) in [7, 11) is 0. The van der Waals surface area contributed by atoms with E-state index in [1.165, 1.54) is 72.0 Å². The van der Waals surface area contributed by atoms with Gasteiger partial charge in [-0.15, -0.1) is 0 Å². The summed E-state index contributed by atoms with van der Waals surface area (Å²) in [4.78, 5) is 5.12. The van der Waals surface area contributed by atoms with Crippen molar-refractivity contribution in [1.82, 2.24) is 4.57 Å². The van der Waals surface area contributed by atoms with Gasteiger partial charge in [-0.3, -0.25) is 0 Å². The molecule has 2 aliphatic heterocycles. The summed E-state index contributed by atoms with van der Waals surface area (Å²) in [5.74, 6) is 0. The Morgan fingerprint density at radius 3 is 1.60 bits per heavy atom. The van der Waals surface area contributed by atoms with Gasteiger partial charge in [0.2, 0.25) is 0 Å². The molecular formula is C78H78BN3O2. The van der Waals surface area contributed by atoms with Crippen LogP contribution in [0.2, 0.25) is 0 Å². The number of hydrogen-bond donors (Lipinski definition) is 0. The Hall–Kier alpha value is -7.96. The fraction of sp³-hybridized carbons (Fsp3) is 0.308. The number of para-hydroxylation sites is 1. The molecule has 1 aliphatic carbocycles. The van der Waals surface area contributed by atoms with Crippen LogP contribution in [-0.4, -0.2) is 11.4 Å². The Balaban J connectivity index is 1.10. The molecule has 3 aliphatic rings. The average molecular weight is 1100 g/mol. The van der Waals surface area contributed by atoms with E-state index in [4.69, 9.17) is 8.83 Å². The van der Waals surface area contributed by atoms with Crippen LogP contribution >= 0.6 is 0 Å². The maximum Gasteiger partial charge on any atom is 0.333 e. The van der Waals surface area contributed by atoms with Gasteiger partial charge in [0.05, 0.1) is 16.4 Å². The number of furan rings is 2. The molecule has 5 heterocycles. The van der Waals surface area contributed by atoms with Gasteiger partial charge < -0.3 is 23.1 Å². The van der Waals surface area contributed by atoms with Crippen LogP contribution in [0, 0.1) is 0 Å². The fourth-order valence-electron chi connectivity index (χ4n) is 14.8. The summed E-state index contributed by atoms with van der Waals surface area (Å²) in [5.41, 5.74) is 25.8. The molecule has 0 unspecified atom stereocenters. The number of benzene rings is 9. The monoisotopic (exact) mass is 1100 g/mol. The van der Waals surface area contributed by atoms with E-state index in [0.29, 0.717) is 0 Å². The van der Waals surface area contributed by atoms with Crippen molar-refractivity contribution >= 4 is 112 Å². The van der Waals surface area contributed by atoms with E-state index >= 15 is 0 Å². The molecule has 9 aromatic carbocycles. The smallest absolute Gasteiger partial charge is 0.333 e. The largest absolute Gasteiger partial charge is 0.456 e. The first kappa shape index (κ1) is 52.8. The first-order valence-electron chi connectivity index (χ1n) is 30.7. The second kappa shape index (κ2) is 17.3. The Morgan fingerprint density at radius 2 is 0.988 bits per heavy atom. The summed E-state index contributed by atoms with van der Waals surface area (Å²) in [6.07, 6.45) is 2.28. The van der Waals surface area contributed by atoms with Gasteiger partial charge >= 0.3 is 6.85 Å². The third kappa shape index (κ3) is 7.73. The third-order valence-corrected chi connectivity index (χ3v) is 19.9. The normalized spacial score (nSPS) is 15.7. The highest BCUT2D eigenvalue weighted by Crippen LogP contribution is 2.55. The Kier molecular flexibility index (Phi) is 10.9. The molecule has 0 radical (unpaired) electrons. The lowest BCUT2D eigenvalue weighted by Gasteiger charge is -2.42. The minimum atomic E-state index is -0.225. The summed E-state index contributed by atoms with van der Waals surface area (Å²) < 4.78 is 17.3. The maximum absolute atomic E-state index is 7.42. The number of fused-ring (bicyclic) bond motifs is 17. The molecule has 84 heavy (non-hydrogen) atoms. The van der Waals surface area contributed by atoms with Gasteiger partial charge in [-0.05, 0) is 180 Å². The molecule has 420 valence electrons. The lowest BCUT2D eigenvalue weighted by atomic mass is 9.43. The van der Waals surface area contributed by atoms with Crippen LogP contribution in [0.15, 0.2) is 167 Å². The number of nitrogens with zero attached hydrogens (tertiary/aromatic N) is 3. The van der Waals surface area contributed by atoms with Gasteiger partial charge in [-0.25, -0.2) is 0 Å². The van der Waals surface area contributed by atoms with Crippen LogP contribution < -0.4 is 20.6 Å². The van der Waals surface area contributed by atoms with Crippen molar-refractivity contribution in [1.29, 1.82) is 0 Å². The molecule has 6 heteroatoms. The Bertz CT molecular complexity index is 4690. The second-order valence-electron chi connectivity index (χ2n) is 30.5. The summed E-state index contributed by atoms with van der Waals surface area (Å²) in [6.45, 7) is 37.2. The quantitative estimate of drug-likeness (QED) is 0.165. The predicted molar refractivity (Wildman–Crippen MR) is 359 cm³/mol. The lowest BCUT2D eigenvalue weighted by Crippen LogP contribution is -2.60. The molecule has 0 saturated carbocycles. The van der Waals surface area contributed by atoms with Crippen LogP contribution in [0.25, 0.3) is 82.5 Å². The van der Waals surface area contributed by atoms with E-state index in [0.717, 1.165) is 96.1 Å². The molecule has 0 fully saturated rings. The Morgan fingerprint density at radius 1 is 0.452 bits per heavy atom. The topological polar surface area (TPSA) is 37.7 Å². The van der Waals surface area contributed by atoms with Crippen LogP contribution in [0.1, 0.15) is 157 Å². The van der Waals surface area contributed by atoms with E-state index < -0.39 is 0 Å². The average Bonchev–Trinajstić information content (AvgIpc) is 1.42. The standard InChI is InChI=1S/C78H78BN3O2/c1-73(2,3)45-21-28-49(29-22-45)80(50-30-23-46(24-31-50)74(4,5)6)52-34-35-53-62(40-52)81-61-36-27-48(76(10,11)12)39-60(61)79-70-67(68-54-19-17-18-20-64(54)84-72(68)69(53)71(70)81)57-41-55-56-42-58-59(78(15,16)38-37-77(58,13)14)43-65(56)83-66(55)44-63(57)82(79)51-32-25-47(26-33-51)75(7,8)9/h17-36,39-44H,37-38H2,1-16H3. The van der Waals surface area contributed by atoms with Crippen molar-refractivity contribution in [3.8, 4) is 16.8 Å². The minimum absolute atomic E-state index is 0.0168. The number of rotatable bonds is 4.